The standard InChI is InChI=1S/C26H30ClNO2.ClH/c1-3-10-24(21-11-6-5-7-12-21)28-18-20-15-16-25(26(17-20)29-4-2)30-19-22-13-8-9-14-23(22)27;/h5-9,11-17,24,28H,3-4,10,18-19H2,1-2H3;1H. The second kappa shape index (κ2) is 13.3. The molecule has 31 heavy (non-hydrogen) atoms. The van der Waals surface area contributed by atoms with Crippen LogP contribution in [0.15, 0.2) is 72.8 Å². The summed E-state index contributed by atoms with van der Waals surface area (Å²) in [4.78, 5) is 0. The van der Waals surface area contributed by atoms with Crippen molar-refractivity contribution in [3.8, 4) is 11.5 Å². The van der Waals surface area contributed by atoms with Crippen molar-refractivity contribution in [1.29, 1.82) is 0 Å². The first-order valence-electron chi connectivity index (χ1n) is 10.6. The molecule has 0 aliphatic heterocycles. The molecule has 5 heteroatoms. The van der Waals surface area contributed by atoms with E-state index in [1.165, 1.54) is 11.1 Å². The molecule has 166 valence electrons. The molecule has 0 aliphatic rings. The first kappa shape index (κ1) is 25.1. The Labute approximate surface area is 197 Å². The predicted molar refractivity (Wildman–Crippen MR) is 132 cm³/mol. The van der Waals surface area contributed by atoms with Crippen LogP contribution in [0, 0.1) is 0 Å². The maximum atomic E-state index is 6.24. The van der Waals surface area contributed by atoms with Gasteiger partial charge in [0.25, 0.3) is 0 Å². The van der Waals surface area contributed by atoms with Crippen LogP contribution in [0.4, 0.5) is 0 Å². The van der Waals surface area contributed by atoms with Crippen LogP contribution in [-0.2, 0) is 13.2 Å². The van der Waals surface area contributed by atoms with Crippen molar-refractivity contribution in [1.82, 2.24) is 5.32 Å². The van der Waals surface area contributed by atoms with Gasteiger partial charge in [0.15, 0.2) is 11.5 Å². The van der Waals surface area contributed by atoms with E-state index in [-0.39, 0.29) is 12.4 Å². The molecule has 1 N–H and O–H groups in total. The molecule has 0 saturated carbocycles. The summed E-state index contributed by atoms with van der Waals surface area (Å²) in [6, 6.07) is 24.8. The molecule has 1 atom stereocenters. The molecule has 3 rings (SSSR count). The lowest BCUT2D eigenvalue weighted by Crippen LogP contribution is -2.20. The highest BCUT2D eigenvalue weighted by Crippen LogP contribution is 2.30. The summed E-state index contributed by atoms with van der Waals surface area (Å²) < 4.78 is 11.9. The lowest BCUT2D eigenvalue weighted by Gasteiger charge is -2.19. The molecule has 0 fully saturated rings. The van der Waals surface area contributed by atoms with Gasteiger partial charge in [0.2, 0.25) is 0 Å². The van der Waals surface area contributed by atoms with Crippen molar-refractivity contribution in [3.63, 3.8) is 0 Å². The van der Waals surface area contributed by atoms with Crippen LogP contribution in [-0.4, -0.2) is 6.61 Å². The first-order valence-corrected chi connectivity index (χ1v) is 11.0. The summed E-state index contributed by atoms with van der Waals surface area (Å²) in [5, 5.41) is 4.40. The second-order valence-corrected chi connectivity index (χ2v) is 7.63. The molecular weight excluding hydrogens is 429 g/mol. The largest absolute Gasteiger partial charge is 0.490 e. The van der Waals surface area contributed by atoms with Gasteiger partial charge in [0.1, 0.15) is 6.61 Å². The maximum Gasteiger partial charge on any atom is 0.161 e. The molecular formula is C26H31Cl2NO2. The fraction of sp³-hybridized carbons (Fsp3) is 0.308. The van der Waals surface area contributed by atoms with Crippen LogP contribution >= 0.6 is 24.0 Å². The van der Waals surface area contributed by atoms with E-state index in [1.807, 2.05) is 37.3 Å². The topological polar surface area (TPSA) is 30.5 Å². The fourth-order valence-corrected chi connectivity index (χ4v) is 3.61. The minimum atomic E-state index is 0. The van der Waals surface area contributed by atoms with Gasteiger partial charge >= 0.3 is 0 Å². The van der Waals surface area contributed by atoms with E-state index in [0.717, 1.165) is 36.4 Å². The van der Waals surface area contributed by atoms with E-state index in [2.05, 4.69) is 54.7 Å². The van der Waals surface area contributed by atoms with E-state index in [0.29, 0.717) is 24.3 Å². The molecule has 0 radical (unpaired) electrons. The van der Waals surface area contributed by atoms with Gasteiger partial charge in [-0.05, 0) is 42.7 Å². The molecule has 0 aliphatic carbocycles. The highest BCUT2D eigenvalue weighted by atomic mass is 35.5. The summed E-state index contributed by atoms with van der Waals surface area (Å²) in [5.74, 6) is 1.49. The Hall–Kier alpha value is -2.20. The number of nitrogens with one attached hydrogen (secondary N) is 1. The molecule has 3 aromatic rings. The van der Waals surface area contributed by atoms with Crippen molar-refractivity contribution in [2.45, 2.75) is 45.9 Å². The van der Waals surface area contributed by atoms with E-state index < -0.39 is 0 Å². The van der Waals surface area contributed by atoms with Crippen LogP contribution in [0.1, 0.15) is 49.4 Å². The van der Waals surface area contributed by atoms with E-state index in [1.54, 1.807) is 0 Å². The maximum absolute atomic E-state index is 6.24. The zero-order chi connectivity index (χ0) is 21.2. The predicted octanol–water partition coefficient (Wildman–Crippen LogP) is 7.37. The summed E-state index contributed by atoms with van der Waals surface area (Å²) >= 11 is 6.24. The average molecular weight is 460 g/mol. The Morgan fingerprint density at radius 3 is 2.32 bits per heavy atom. The third kappa shape index (κ3) is 7.46. The molecule has 1 unspecified atom stereocenters. The minimum absolute atomic E-state index is 0. The number of hydrogen-bond acceptors (Lipinski definition) is 3. The van der Waals surface area contributed by atoms with Crippen molar-refractivity contribution in [2.24, 2.45) is 0 Å². The van der Waals surface area contributed by atoms with Gasteiger partial charge in [0.05, 0.1) is 6.61 Å². The quantitative estimate of drug-likeness (QED) is 0.324. The molecule has 3 aromatic carbocycles. The number of hydrogen-bond donors (Lipinski definition) is 1. The van der Waals surface area contributed by atoms with Crippen LogP contribution in [0.2, 0.25) is 5.02 Å². The molecule has 0 saturated heterocycles. The summed E-state index contributed by atoms with van der Waals surface area (Å²) in [6.45, 7) is 5.96. The SMILES string of the molecule is CCCC(NCc1ccc(OCc2ccccc2Cl)c(OCC)c1)c1ccccc1.Cl. The van der Waals surface area contributed by atoms with Crippen LogP contribution in [0.5, 0.6) is 11.5 Å². The van der Waals surface area contributed by atoms with Crippen LogP contribution in [0.3, 0.4) is 0 Å². The Balaban J connectivity index is 0.00000341. The molecule has 0 amide bonds. The van der Waals surface area contributed by atoms with Crippen molar-refractivity contribution >= 4 is 24.0 Å². The Kier molecular flexibility index (Phi) is 10.7. The number of halogens is 2. The number of rotatable bonds is 11. The molecule has 3 nitrogen and oxygen atoms in total. The molecule has 0 heterocycles. The Morgan fingerprint density at radius 1 is 0.871 bits per heavy atom. The molecule has 0 spiro atoms. The van der Waals surface area contributed by atoms with Crippen molar-refractivity contribution < 1.29 is 9.47 Å². The van der Waals surface area contributed by atoms with Crippen LogP contribution in [0.25, 0.3) is 0 Å². The zero-order valence-corrected chi connectivity index (χ0v) is 19.7. The lowest BCUT2D eigenvalue weighted by molar-refractivity contribution is 0.269. The second-order valence-electron chi connectivity index (χ2n) is 7.23. The van der Waals surface area contributed by atoms with Gasteiger partial charge in [-0.2, -0.15) is 0 Å². The van der Waals surface area contributed by atoms with Gasteiger partial charge in [0, 0.05) is 23.2 Å². The minimum Gasteiger partial charge on any atom is -0.490 e. The normalized spacial score (nSPS) is 11.5. The van der Waals surface area contributed by atoms with Crippen molar-refractivity contribution in [3.05, 3.63) is 94.5 Å². The monoisotopic (exact) mass is 459 g/mol. The van der Waals surface area contributed by atoms with Gasteiger partial charge in [-0.3, -0.25) is 0 Å². The van der Waals surface area contributed by atoms with Crippen LogP contribution < -0.4 is 14.8 Å². The fourth-order valence-electron chi connectivity index (χ4n) is 3.42. The van der Waals surface area contributed by atoms with Gasteiger partial charge in [-0.15, -0.1) is 12.4 Å². The number of ether oxygens (including phenoxy) is 2. The highest BCUT2D eigenvalue weighted by molar-refractivity contribution is 6.31. The summed E-state index contributed by atoms with van der Waals surface area (Å²) in [6.07, 6.45) is 2.23. The summed E-state index contributed by atoms with van der Waals surface area (Å²) in [7, 11) is 0. The van der Waals surface area contributed by atoms with Gasteiger partial charge in [-0.1, -0.05) is 79.5 Å². The average Bonchev–Trinajstić information content (AvgIpc) is 2.78. The first-order chi connectivity index (χ1) is 14.7. The highest BCUT2D eigenvalue weighted by Gasteiger charge is 2.12. The lowest BCUT2D eigenvalue weighted by atomic mass is 10.0. The van der Waals surface area contributed by atoms with Gasteiger partial charge in [-0.25, -0.2) is 0 Å². The number of benzene rings is 3. The zero-order valence-electron chi connectivity index (χ0n) is 18.1. The third-order valence-electron chi connectivity index (χ3n) is 4.98. The molecule has 0 aromatic heterocycles. The van der Waals surface area contributed by atoms with E-state index in [9.17, 15) is 0 Å². The molecule has 0 bridgehead atoms. The van der Waals surface area contributed by atoms with E-state index in [4.69, 9.17) is 21.1 Å². The Bertz CT molecular complexity index is 918. The Morgan fingerprint density at radius 2 is 1.61 bits per heavy atom. The summed E-state index contributed by atoms with van der Waals surface area (Å²) in [5.41, 5.74) is 3.45. The van der Waals surface area contributed by atoms with Crippen molar-refractivity contribution in [2.75, 3.05) is 6.61 Å². The smallest absolute Gasteiger partial charge is 0.161 e. The van der Waals surface area contributed by atoms with E-state index >= 15 is 0 Å². The third-order valence-corrected chi connectivity index (χ3v) is 5.35. The van der Waals surface area contributed by atoms with Gasteiger partial charge < -0.3 is 14.8 Å².